The van der Waals surface area contributed by atoms with Crippen LogP contribution in [0.1, 0.15) is 54.4 Å². The Kier molecular flexibility index (Phi) is 11.5. The van der Waals surface area contributed by atoms with Crippen LogP contribution >= 0.6 is 0 Å². The highest BCUT2D eigenvalue weighted by molar-refractivity contribution is 6.09. The molecule has 12 rings (SSSR count). The van der Waals surface area contributed by atoms with Crippen molar-refractivity contribution in [1.82, 2.24) is 9.55 Å². The van der Waals surface area contributed by atoms with Gasteiger partial charge in [0.1, 0.15) is 17.3 Å². The molecule has 0 saturated heterocycles. The van der Waals surface area contributed by atoms with E-state index in [9.17, 15) is 0 Å². The van der Waals surface area contributed by atoms with Crippen LogP contribution in [0.5, 0.6) is 11.5 Å². The lowest BCUT2D eigenvalue weighted by molar-refractivity contribution is 0.483. The average Bonchev–Trinajstić information content (AvgIpc) is 4.06. The molecule has 5 heteroatoms. The second kappa shape index (κ2) is 19.7. The van der Waals surface area contributed by atoms with Gasteiger partial charge in [-0.2, -0.15) is 0 Å². The van der Waals surface area contributed by atoms with Crippen LogP contribution in [0.25, 0.3) is 72.1 Å². The van der Waals surface area contributed by atoms with E-state index in [0.717, 1.165) is 120 Å². The summed E-state index contributed by atoms with van der Waals surface area (Å²) in [5, 5.41) is 2.29. The number of hydrogen-bond donors (Lipinski definition) is 0. The molecule has 0 radical (unpaired) electrons. The maximum atomic E-state index is 8.66. The molecule has 0 spiro atoms. The van der Waals surface area contributed by atoms with Crippen LogP contribution in [-0.4, -0.2) is 22.8 Å². The van der Waals surface area contributed by atoms with Crippen LogP contribution in [0.15, 0.2) is 231 Å². The molecule has 0 unspecified atom stereocenters. The topological polar surface area (TPSA) is 33.5 Å². The smallest absolute Gasteiger partial charge is 0.138 e. The molecule has 0 fully saturated rings. The maximum Gasteiger partial charge on any atom is 0.138 e. The van der Waals surface area contributed by atoms with Gasteiger partial charge in [-0.25, -0.2) is 4.98 Å². The number of hydrogen-bond acceptors (Lipinski definition) is 4. The van der Waals surface area contributed by atoms with Crippen LogP contribution in [0.2, 0.25) is 0 Å². The van der Waals surface area contributed by atoms with Crippen LogP contribution in [0.3, 0.4) is 0 Å². The molecule has 0 atom stereocenters. The van der Waals surface area contributed by atoms with Gasteiger partial charge >= 0.3 is 0 Å². The first-order valence-corrected chi connectivity index (χ1v) is 25.8. The predicted octanol–water partition coefficient (Wildman–Crippen LogP) is 18.2. The molecule has 2 aromatic heterocycles. The van der Waals surface area contributed by atoms with E-state index in [1.165, 1.54) is 11.3 Å². The minimum absolute atomic E-state index is 0.0788. The molecule has 0 saturated carbocycles. The van der Waals surface area contributed by atoms with Crippen molar-refractivity contribution in [2.45, 2.75) is 52.3 Å². The summed E-state index contributed by atoms with van der Waals surface area (Å²) in [4.78, 5) is 9.73. The van der Waals surface area contributed by atoms with Crippen molar-refractivity contribution in [3.63, 3.8) is 0 Å². The lowest BCUT2D eigenvalue weighted by Gasteiger charge is -2.22. The van der Waals surface area contributed by atoms with Gasteiger partial charge in [-0.15, -0.1) is 0 Å². The summed E-state index contributed by atoms with van der Waals surface area (Å²) in [6.07, 6.45) is 4.24. The number of aryl methyl sites for hydroxylation is 1. The molecule has 5 nitrogen and oxygen atoms in total. The summed E-state index contributed by atoms with van der Waals surface area (Å²) >= 11 is 0. The number of unbranched alkanes of at least 4 members (excludes halogenated alkanes) is 1. The largest absolute Gasteiger partial charge is 0.457 e. The molecule has 1 aliphatic rings. The Bertz CT molecular complexity index is 3860. The number of ether oxygens (including phenoxy) is 1. The van der Waals surface area contributed by atoms with Crippen molar-refractivity contribution in [3.8, 4) is 61.8 Å². The van der Waals surface area contributed by atoms with E-state index in [1.54, 1.807) is 6.07 Å². The predicted molar refractivity (Wildman–Crippen MR) is 310 cm³/mol. The molecular formula is C69H60N4O. The van der Waals surface area contributed by atoms with Crippen LogP contribution in [-0.2, 0) is 11.8 Å². The summed E-state index contributed by atoms with van der Waals surface area (Å²) < 4.78 is 35.0. The number of rotatable bonds is 13. The molecule has 0 N–H and O–H groups in total. The third-order valence-corrected chi connectivity index (χ3v) is 14.6. The second-order valence-electron chi connectivity index (χ2n) is 20.5. The normalized spacial score (nSPS) is 13.2. The van der Waals surface area contributed by atoms with Crippen molar-refractivity contribution >= 4 is 38.9 Å². The molecule has 11 aromatic rings. The highest BCUT2D eigenvalue weighted by Crippen LogP contribution is 2.43. The second-order valence-corrected chi connectivity index (χ2v) is 20.5. The minimum atomic E-state index is -2.26. The van der Waals surface area contributed by atoms with Crippen molar-refractivity contribution in [2.75, 3.05) is 23.0 Å². The fourth-order valence-corrected chi connectivity index (χ4v) is 10.8. The SMILES string of the molecule is [2H]C([2H])([2H])c1cccc(-c2cc(-c3ccccc3)cc(-c3ccccc3)c2)c1CCCCN1CN(c2cccc(Oc3ccc4c5ccccc5n(-c5cc(-c6ccc(C(C)(C)C)cc6)ccn5)c4c3)c2)c2ccccc21. The first-order valence-electron chi connectivity index (χ1n) is 27.3. The fourth-order valence-electron chi connectivity index (χ4n) is 10.8. The highest BCUT2D eigenvalue weighted by Gasteiger charge is 2.27. The van der Waals surface area contributed by atoms with Gasteiger partial charge in [-0.3, -0.25) is 4.57 Å². The molecule has 74 heavy (non-hydrogen) atoms. The lowest BCUT2D eigenvalue weighted by Crippen LogP contribution is -2.28. The maximum absolute atomic E-state index is 8.66. The first-order chi connectivity index (χ1) is 37.4. The fraction of sp³-hybridized carbons (Fsp3) is 0.145. The third-order valence-electron chi connectivity index (χ3n) is 14.6. The van der Waals surface area contributed by atoms with E-state index in [0.29, 0.717) is 18.7 Å². The van der Waals surface area contributed by atoms with Crippen molar-refractivity contribution < 1.29 is 8.85 Å². The summed E-state index contributed by atoms with van der Waals surface area (Å²) in [6, 6.07) is 78.2. The summed E-state index contributed by atoms with van der Waals surface area (Å²) in [5.41, 5.74) is 16.8. The van der Waals surface area contributed by atoms with Gasteiger partial charge in [-0.1, -0.05) is 160 Å². The minimum Gasteiger partial charge on any atom is -0.457 e. The van der Waals surface area contributed by atoms with Crippen LogP contribution in [0.4, 0.5) is 17.1 Å². The van der Waals surface area contributed by atoms with E-state index in [-0.39, 0.29) is 5.41 Å². The number of nitrogens with zero attached hydrogens (tertiary/aromatic N) is 4. The van der Waals surface area contributed by atoms with Gasteiger partial charge in [0.25, 0.3) is 0 Å². The summed E-state index contributed by atoms with van der Waals surface area (Å²) in [7, 11) is 0. The Morgan fingerprint density at radius 3 is 1.93 bits per heavy atom. The zero-order valence-electron chi connectivity index (χ0n) is 45.2. The van der Waals surface area contributed by atoms with E-state index < -0.39 is 6.85 Å². The zero-order valence-corrected chi connectivity index (χ0v) is 42.2. The highest BCUT2D eigenvalue weighted by atomic mass is 16.5. The van der Waals surface area contributed by atoms with Gasteiger partial charge in [0.15, 0.2) is 0 Å². The molecule has 0 bridgehead atoms. The number of anilines is 3. The van der Waals surface area contributed by atoms with E-state index >= 15 is 0 Å². The Labute approximate surface area is 439 Å². The van der Waals surface area contributed by atoms with Gasteiger partial charge in [0, 0.05) is 45.4 Å². The monoisotopic (exact) mass is 963 g/mol. The molecule has 0 amide bonds. The summed E-state index contributed by atoms with van der Waals surface area (Å²) in [6.45, 7) is 5.96. The van der Waals surface area contributed by atoms with Crippen molar-refractivity contribution in [2.24, 2.45) is 0 Å². The third kappa shape index (κ3) is 9.22. The molecule has 9 aromatic carbocycles. The standard InChI is InChI=1S/C69H60N4O/c1-48-19-17-28-61(55-42-53(49-20-7-5-8-21-49)41-54(43-55)50-22-9-6-10-23-50)60(48)26-15-16-40-71-47-72(66-31-14-13-30-65(66)71)57-24-18-25-58(45-57)74-59-36-37-63-62-27-11-12-29-64(62)73(67(63)46-59)68-44-52(38-39-70-68)51-32-34-56(35-33-51)69(2,3)4/h5-14,17-25,27-39,41-46H,15-16,26,40,47H2,1-4H3/i1D3. The number of aromatic nitrogens is 2. The molecule has 3 heterocycles. The van der Waals surface area contributed by atoms with E-state index in [1.807, 2.05) is 30.5 Å². The Morgan fingerprint density at radius 2 is 1.18 bits per heavy atom. The zero-order chi connectivity index (χ0) is 52.7. The Morgan fingerprint density at radius 1 is 0.514 bits per heavy atom. The van der Waals surface area contributed by atoms with Crippen molar-refractivity contribution in [3.05, 3.63) is 247 Å². The average molecular weight is 964 g/mol. The van der Waals surface area contributed by atoms with E-state index in [2.05, 4.69) is 229 Å². The summed E-state index contributed by atoms with van der Waals surface area (Å²) in [5.74, 6) is 2.32. The lowest BCUT2D eigenvalue weighted by atomic mass is 9.86. The Hall–Kier alpha value is -8.67. The number of para-hydroxylation sites is 3. The molecule has 362 valence electrons. The number of fused-ring (bicyclic) bond motifs is 4. The molecule has 0 aliphatic carbocycles. The first kappa shape index (κ1) is 43.0. The quantitative estimate of drug-likeness (QED) is 0.108. The van der Waals surface area contributed by atoms with E-state index in [4.69, 9.17) is 13.8 Å². The Balaban J connectivity index is 0.786. The van der Waals surface area contributed by atoms with Gasteiger partial charge in [-0.05, 0) is 166 Å². The van der Waals surface area contributed by atoms with Gasteiger partial charge in [0.05, 0.1) is 29.1 Å². The molecular weight excluding hydrogens is 901 g/mol. The van der Waals surface area contributed by atoms with Gasteiger partial charge in [0.2, 0.25) is 0 Å². The number of benzene rings is 9. The van der Waals surface area contributed by atoms with Gasteiger partial charge < -0.3 is 14.5 Å². The van der Waals surface area contributed by atoms with Crippen molar-refractivity contribution in [1.29, 1.82) is 0 Å². The number of pyridine rings is 1. The van der Waals surface area contributed by atoms with Crippen LogP contribution in [0, 0.1) is 6.85 Å². The van der Waals surface area contributed by atoms with Crippen LogP contribution < -0.4 is 14.5 Å². The molecule has 1 aliphatic heterocycles.